The van der Waals surface area contributed by atoms with Gasteiger partial charge < -0.3 is 10.5 Å². The van der Waals surface area contributed by atoms with Gasteiger partial charge in [-0.25, -0.2) is 18.4 Å². The van der Waals surface area contributed by atoms with Crippen molar-refractivity contribution in [2.75, 3.05) is 22.8 Å². The number of nitrogens with two attached hydrogens (primary N) is 1. The van der Waals surface area contributed by atoms with Crippen LogP contribution in [-0.2, 0) is 10.0 Å². The maximum Gasteiger partial charge on any atom is 0.238 e. The van der Waals surface area contributed by atoms with Gasteiger partial charge in [-0.05, 0) is 30.3 Å². The van der Waals surface area contributed by atoms with E-state index in [1.807, 2.05) is 0 Å². The molecule has 7 nitrogen and oxygen atoms in total. The van der Waals surface area contributed by atoms with E-state index in [1.165, 1.54) is 12.3 Å². The highest BCUT2D eigenvalue weighted by Gasteiger charge is 2.12. The van der Waals surface area contributed by atoms with Crippen LogP contribution in [0.15, 0.2) is 36.5 Å². The van der Waals surface area contributed by atoms with Gasteiger partial charge in [-0.3, -0.25) is 4.72 Å². The van der Waals surface area contributed by atoms with Gasteiger partial charge in [0.25, 0.3) is 0 Å². The molecule has 0 bridgehead atoms. The molecule has 0 aliphatic carbocycles. The number of hydrogen-bond donors (Lipinski definition) is 2. The lowest BCUT2D eigenvalue weighted by Gasteiger charge is -2.08. The molecule has 0 radical (unpaired) electrons. The summed E-state index contributed by atoms with van der Waals surface area (Å²) < 4.78 is 31.2. The standard InChI is InChI=1S/C12H13ClN4O3S/c13-11-5-6-15-12(16-11)17-21(18,19)8-7-20-10-3-1-9(14)2-4-10/h1-6H,7-8,14H2,(H,15,16,17). The fourth-order valence-electron chi connectivity index (χ4n) is 1.41. The van der Waals surface area contributed by atoms with Crippen molar-refractivity contribution in [2.45, 2.75) is 0 Å². The molecule has 0 spiro atoms. The van der Waals surface area contributed by atoms with Crippen molar-refractivity contribution in [3.05, 3.63) is 41.7 Å². The van der Waals surface area contributed by atoms with Gasteiger partial charge in [-0.1, -0.05) is 11.6 Å². The van der Waals surface area contributed by atoms with Crippen molar-refractivity contribution >= 4 is 33.3 Å². The van der Waals surface area contributed by atoms with E-state index in [0.717, 1.165) is 0 Å². The highest BCUT2D eigenvalue weighted by atomic mass is 35.5. The Labute approximate surface area is 127 Å². The Bertz CT molecular complexity index is 707. The quantitative estimate of drug-likeness (QED) is 0.615. The van der Waals surface area contributed by atoms with Gasteiger partial charge in [0.05, 0.1) is 0 Å². The van der Waals surface area contributed by atoms with E-state index in [4.69, 9.17) is 22.1 Å². The summed E-state index contributed by atoms with van der Waals surface area (Å²) in [6.45, 7) is -0.0141. The van der Waals surface area contributed by atoms with E-state index in [2.05, 4.69) is 14.7 Å². The van der Waals surface area contributed by atoms with Crippen LogP contribution in [0.1, 0.15) is 0 Å². The van der Waals surface area contributed by atoms with Crippen LogP contribution < -0.4 is 15.2 Å². The van der Waals surface area contributed by atoms with Crippen LogP contribution in [0.25, 0.3) is 0 Å². The Kier molecular flexibility index (Phi) is 4.81. The van der Waals surface area contributed by atoms with Gasteiger partial charge in [-0.2, -0.15) is 0 Å². The summed E-state index contributed by atoms with van der Waals surface area (Å²) in [5, 5.41) is 0.154. The molecule has 112 valence electrons. The smallest absolute Gasteiger partial charge is 0.238 e. The zero-order chi connectivity index (χ0) is 15.3. The first-order valence-electron chi connectivity index (χ1n) is 5.92. The summed E-state index contributed by atoms with van der Waals surface area (Å²) in [7, 11) is -3.61. The van der Waals surface area contributed by atoms with Crippen LogP contribution in [0.5, 0.6) is 5.75 Å². The summed E-state index contributed by atoms with van der Waals surface area (Å²) in [6, 6.07) is 8.11. The van der Waals surface area contributed by atoms with E-state index in [-0.39, 0.29) is 23.5 Å². The van der Waals surface area contributed by atoms with E-state index in [1.54, 1.807) is 24.3 Å². The fourth-order valence-corrected chi connectivity index (χ4v) is 2.33. The van der Waals surface area contributed by atoms with Gasteiger partial charge in [-0.15, -0.1) is 0 Å². The molecule has 0 atom stereocenters. The van der Waals surface area contributed by atoms with Crippen molar-refractivity contribution in [3.63, 3.8) is 0 Å². The van der Waals surface area contributed by atoms with E-state index in [9.17, 15) is 8.42 Å². The third-order valence-corrected chi connectivity index (χ3v) is 3.78. The molecule has 2 rings (SSSR count). The average Bonchev–Trinajstić information content (AvgIpc) is 2.40. The second-order valence-corrected chi connectivity index (χ2v) is 6.27. The lowest BCUT2D eigenvalue weighted by Crippen LogP contribution is -2.22. The predicted octanol–water partition coefficient (Wildman–Crippen LogP) is 1.53. The molecule has 3 N–H and O–H groups in total. The van der Waals surface area contributed by atoms with Crippen LogP contribution in [0.4, 0.5) is 11.6 Å². The number of anilines is 2. The first kappa shape index (κ1) is 15.3. The van der Waals surface area contributed by atoms with Crippen molar-refractivity contribution in [1.29, 1.82) is 0 Å². The van der Waals surface area contributed by atoms with Crippen molar-refractivity contribution in [1.82, 2.24) is 9.97 Å². The monoisotopic (exact) mass is 328 g/mol. The van der Waals surface area contributed by atoms with E-state index < -0.39 is 10.0 Å². The highest BCUT2D eigenvalue weighted by Crippen LogP contribution is 2.13. The average molecular weight is 329 g/mol. The Hall–Kier alpha value is -2.06. The summed E-state index contributed by atoms with van der Waals surface area (Å²) in [5.41, 5.74) is 6.14. The molecule has 21 heavy (non-hydrogen) atoms. The molecule has 1 heterocycles. The number of halogens is 1. The van der Waals surface area contributed by atoms with Gasteiger partial charge in [0.2, 0.25) is 16.0 Å². The number of nitrogens with one attached hydrogen (secondary N) is 1. The number of nitrogens with zero attached hydrogens (tertiary/aromatic N) is 2. The number of ether oxygens (including phenoxy) is 1. The fraction of sp³-hybridized carbons (Fsp3) is 0.167. The lowest BCUT2D eigenvalue weighted by molar-refractivity contribution is 0.341. The van der Waals surface area contributed by atoms with E-state index in [0.29, 0.717) is 11.4 Å². The second-order valence-electron chi connectivity index (χ2n) is 4.04. The van der Waals surface area contributed by atoms with Crippen LogP contribution in [-0.4, -0.2) is 30.7 Å². The summed E-state index contributed by atoms with van der Waals surface area (Å²) in [4.78, 5) is 7.50. The van der Waals surface area contributed by atoms with Crippen LogP contribution in [0, 0.1) is 0 Å². The molecule has 0 saturated heterocycles. The molecule has 0 aliphatic heterocycles. The normalized spacial score (nSPS) is 11.1. The maximum absolute atomic E-state index is 11.8. The van der Waals surface area contributed by atoms with Crippen molar-refractivity contribution < 1.29 is 13.2 Å². The van der Waals surface area contributed by atoms with Crippen LogP contribution in [0.2, 0.25) is 5.15 Å². The summed E-state index contributed by atoms with van der Waals surface area (Å²) >= 11 is 5.65. The Morgan fingerprint density at radius 2 is 1.95 bits per heavy atom. The zero-order valence-corrected chi connectivity index (χ0v) is 12.4. The lowest BCUT2D eigenvalue weighted by atomic mass is 10.3. The maximum atomic E-state index is 11.8. The molecule has 1 aromatic carbocycles. The molecule has 0 unspecified atom stereocenters. The molecular weight excluding hydrogens is 316 g/mol. The van der Waals surface area contributed by atoms with Crippen LogP contribution >= 0.6 is 11.6 Å². The van der Waals surface area contributed by atoms with Crippen molar-refractivity contribution in [2.24, 2.45) is 0 Å². The minimum absolute atomic E-state index is 0.0141. The van der Waals surface area contributed by atoms with Crippen molar-refractivity contribution in [3.8, 4) is 5.75 Å². The minimum Gasteiger partial charge on any atom is -0.492 e. The number of benzene rings is 1. The SMILES string of the molecule is Nc1ccc(OCCS(=O)(=O)Nc2nccc(Cl)n2)cc1. The van der Waals surface area contributed by atoms with E-state index >= 15 is 0 Å². The van der Waals surface area contributed by atoms with Gasteiger partial charge in [0.15, 0.2) is 0 Å². The molecule has 0 saturated carbocycles. The first-order valence-corrected chi connectivity index (χ1v) is 7.95. The number of sulfonamides is 1. The third-order valence-electron chi connectivity index (χ3n) is 2.37. The van der Waals surface area contributed by atoms with Gasteiger partial charge >= 0.3 is 0 Å². The molecular formula is C12H13ClN4O3S. The topological polar surface area (TPSA) is 107 Å². The molecule has 0 fully saturated rings. The minimum atomic E-state index is -3.61. The summed E-state index contributed by atoms with van der Waals surface area (Å²) in [5.74, 6) is 0.223. The number of rotatable bonds is 6. The molecule has 9 heteroatoms. The molecule has 1 aromatic heterocycles. The Balaban J connectivity index is 1.88. The zero-order valence-electron chi connectivity index (χ0n) is 10.9. The second kappa shape index (κ2) is 6.59. The number of hydrogen-bond acceptors (Lipinski definition) is 6. The predicted molar refractivity (Wildman–Crippen MR) is 80.8 cm³/mol. The highest BCUT2D eigenvalue weighted by molar-refractivity contribution is 7.92. The molecule has 0 amide bonds. The third kappa shape index (κ3) is 5.09. The van der Waals surface area contributed by atoms with Crippen LogP contribution in [0.3, 0.4) is 0 Å². The Morgan fingerprint density at radius 3 is 2.62 bits per heavy atom. The molecule has 2 aromatic rings. The van der Waals surface area contributed by atoms with Gasteiger partial charge in [0, 0.05) is 11.9 Å². The first-order chi connectivity index (χ1) is 9.94. The van der Waals surface area contributed by atoms with Gasteiger partial charge in [0.1, 0.15) is 23.3 Å². The molecule has 0 aliphatic rings. The largest absolute Gasteiger partial charge is 0.492 e. The number of aromatic nitrogens is 2. The Morgan fingerprint density at radius 1 is 1.24 bits per heavy atom. The summed E-state index contributed by atoms with van der Waals surface area (Å²) in [6.07, 6.45) is 1.36. The number of nitrogen functional groups attached to an aromatic ring is 1.